The summed E-state index contributed by atoms with van der Waals surface area (Å²) in [6, 6.07) is 6.30. The van der Waals surface area contributed by atoms with Gasteiger partial charge in [0.15, 0.2) is 5.69 Å². The molecule has 0 saturated heterocycles. The Labute approximate surface area is 121 Å². The van der Waals surface area contributed by atoms with E-state index in [-0.39, 0.29) is 11.7 Å². The van der Waals surface area contributed by atoms with E-state index < -0.39 is 0 Å². The van der Waals surface area contributed by atoms with Crippen molar-refractivity contribution in [3.63, 3.8) is 0 Å². The molecule has 3 rings (SSSR count). The summed E-state index contributed by atoms with van der Waals surface area (Å²) >= 11 is 0. The van der Waals surface area contributed by atoms with Crippen LogP contribution < -0.4 is 10.6 Å². The number of amides is 1. The minimum absolute atomic E-state index is 0.168. The van der Waals surface area contributed by atoms with Crippen molar-refractivity contribution in [2.24, 2.45) is 0 Å². The number of fused-ring (bicyclic) bond motifs is 1. The van der Waals surface area contributed by atoms with Crippen LogP contribution in [0.1, 0.15) is 27.3 Å². The Morgan fingerprint density at radius 1 is 1.33 bits per heavy atom. The average molecular weight is 288 g/mol. The number of halogens is 1. The maximum atomic E-state index is 12.8. The molecule has 0 unspecified atom stereocenters. The zero-order chi connectivity index (χ0) is 14.7. The molecule has 110 valence electrons. The normalized spacial score (nSPS) is 13.8. The molecule has 1 aromatic carbocycles. The number of nitrogens with one attached hydrogen (secondary N) is 3. The molecule has 6 heteroatoms. The fourth-order valence-electron chi connectivity index (χ4n) is 2.47. The van der Waals surface area contributed by atoms with Crippen molar-refractivity contribution in [2.45, 2.75) is 19.4 Å². The predicted molar refractivity (Wildman–Crippen MR) is 76.4 cm³/mol. The number of H-pyrrole nitrogens is 1. The average Bonchev–Trinajstić information content (AvgIpc) is 2.93. The third-order valence-electron chi connectivity index (χ3n) is 3.63. The second-order valence-electron chi connectivity index (χ2n) is 5.09. The first kappa shape index (κ1) is 13.8. The number of carbonyl (C=O) groups excluding carboxylic acids is 1. The van der Waals surface area contributed by atoms with Gasteiger partial charge in [-0.2, -0.15) is 5.10 Å². The fourth-order valence-corrected chi connectivity index (χ4v) is 2.47. The summed E-state index contributed by atoms with van der Waals surface area (Å²) in [4.78, 5) is 12.1. The first-order valence-electron chi connectivity index (χ1n) is 7.03. The summed E-state index contributed by atoms with van der Waals surface area (Å²) in [5.41, 5.74) is 3.46. The number of aromatic nitrogens is 2. The first-order valence-corrected chi connectivity index (χ1v) is 7.03. The van der Waals surface area contributed by atoms with Crippen LogP contribution in [0.2, 0.25) is 0 Å². The van der Waals surface area contributed by atoms with Gasteiger partial charge in [-0.3, -0.25) is 9.89 Å². The molecule has 1 aliphatic heterocycles. The number of benzene rings is 1. The van der Waals surface area contributed by atoms with Gasteiger partial charge in [0.2, 0.25) is 0 Å². The molecule has 0 radical (unpaired) electrons. The molecule has 1 aromatic heterocycles. The number of hydrogen-bond donors (Lipinski definition) is 3. The summed E-state index contributed by atoms with van der Waals surface area (Å²) < 4.78 is 12.8. The molecule has 0 atom stereocenters. The Kier molecular flexibility index (Phi) is 3.96. The van der Waals surface area contributed by atoms with Gasteiger partial charge in [0, 0.05) is 37.3 Å². The highest BCUT2D eigenvalue weighted by Crippen LogP contribution is 2.15. The molecule has 0 aliphatic carbocycles. The molecular weight excluding hydrogens is 271 g/mol. The van der Waals surface area contributed by atoms with Gasteiger partial charge >= 0.3 is 0 Å². The quantitative estimate of drug-likeness (QED) is 0.791. The van der Waals surface area contributed by atoms with Crippen molar-refractivity contribution in [3.05, 3.63) is 52.6 Å². The van der Waals surface area contributed by atoms with Crippen LogP contribution in [0.3, 0.4) is 0 Å². The molecule has 0 saturated carbocycles. The molecule has 0 bridgehead atoms. The van der Waals surface area contributed by atoms with E-state index in [1.807, 2.05) is 0 Å². The fraction of sp³-hybridized carbons (Fsp3) is 0.333. The highest BCUT2D eigenvalue weighted by Gasteiger charge is 2.20. The summed E-state index contributed by atoms with van der Waals surface area (Å²) in [6.45, 7) is 2.08. The predicted octanol–water partition coefficient (Wildman–Crippen LogP) is 1.17. The van der Waals surface area contributed by atoms with Crippen molar-refractivity contribution in [3.8, 4) is 0 Å². The van der Waals surface area contributed by atoms with Gasteiger partial charge in [-0.15, -0.1) is 0 Å². The molecule has 0 spiro atoms. The van der Waals surface area contributed by atoms with Crippen molar-refractivity contribution in [2.75, 3.05) is 13.1 Å². The summed E-state index contributed by atoms with van der Waals surface area (Å²) in [6.07, 6.45) is 1.53. The Morgan fingerprint density at radius 3 is 2.95 bits per heavy atom. The molecular formula is C15H17FN4O. The van der Waals surface area contributed by atoms with Gasteiger partial charge in [-0.25, -0.2) is 4.39 Å². The zero-order valence-electron chi connectivity index (χ0n) is 11.6. The second-order valence-corrected chi connectivity index (χ2v) is 5.09. The summed E-state index contributed by atoms with van der Waals surface area (Å²) in [5, 5.41) is 13.1. The Bertz CT molecular complexity index is 636. The third kappa shape index (κ3) is 3.11. The lowest BCUT2D eigenvalue weighted by Crippen LogP contribution is -2.29. The largest absolute Gasteiger partial charge is 0.350 e. The standard InChI is InChI=1S/C15H17FN4O/c16-11-3-1-10(2-4-11)5-8-18-15(21)14-12-9-17-7-6-13(12)19-20-14/h1-4,17H,5-9H2,(H,18,21)(H,19,20). The molecule has 21 heavy (non-hydrogen) atoms. The second kappa shape index (κ2) is 6.05. The van der Waals surface area contributed by atoms with Crippen molar-refractivity contribution < 1.29 is 9.18 Å². The number of rotatable bonds is 4. The summed E-state index contributed by atoms with van der Waals surface area (Å²) in [5.74, 6) is -0.420. The van der Waals surface area contributed by atoms with E-state index in [1.54, 1.807) is 12.1 Å². The van der Waals surface area contributed by atoms with Crippen LogP contribution in [-0.2, 0) is 19.4 Å². The molecule has 3 N–H and O–H groups in total. The van der Waals surface area contributed by atoms with Crippen molar-refractivity contribution in [1.82, 2.24) is 20.8 Å². The molecule has 2 aromatic rings. The third-order valence-corrected chi connectivity index (χ3v) is 3.63. The number of hydrogen-bond acceptors (Lipinski definition) is 3. The lowest BCUT2D eigenvalue weighted by molar-refractivity contribution is 0.0948. The SMILES string of the molecule is O=C(NCCc1ccc(F)cc1)c1n[nH]c2c1CNCC2. The van der Waals surface area contributed by atoms with Crippen LogP contribution in [0.5, 0.6) is 0 Å². The number of aromatic amines is 1. The monoisotopic (exact) mass is 288 g/mol. The number of carbonyl (C=O) groups is 1. The van der Waals surface area contributed by atoms with Gasteiger partial charge in [-0.05, 0) is 24.1 Å². The molecule has 0 fully saturated rings. The maximum absolute atomic E-state index is 12.8. The smallest absolute Gasteiger partial charge is 0.272 e. The summed E-state index contributed by atoms with van der Waals surface area (Å²) in [7, 11) is 0. The minimum atomic E-state index is -0.251. The van der Waals surface area contributed by atoms with E-state index in [0.717, 1.165) is 29.8 Å². The lowest BCUT2D eigenvalue weighted by atomic mass is 10.1. The Balaban J connectivity index is 1.57. The van der Waals surface area contributed by atoms with Crippen LogP contribution >= 0.6 is 0 Å². The minimum Gasteiger partial charge on any atom is -0.350 e. The van der Waals surface area contributed by atoms with E-state index in [1.165, 1.54) is 12.1 Å². The molecule has 5 nitrogen and oxygen atoms in total. The molecule has 1 amide bonds. The van der Waals surface area contributed by atoms with Crippen LogP contribution in [0.4, 0.5) is 4.39 Å². The van der Waals surface area contributed by atoms with Crippen LogP contribution in [0, 0.1) is 5.82 Å². The topological polar surface area (TPSA) is 69.8 Å². The van der Waals surface area contributed by atoms with E-state index in [4.69, 9.17) is 0 Å². The first-order chi connectivity index (χ1) is 10.2. The van der Waals surface area contributed by atoms with Gasteiger partial charge in [0.05, 0.1) is 0 Å². The van der Waals surface area contributed by atoms with Crippen molar-refractivity contribution in [1.29, 1.82) is 0 Å². The van der Waals surface area contributed by atoms with Gasteiger partial charge < -0.3 is 10.6 Å². The lowest BCUT2D eigenvalue weighted by Gasteiger charge is -2.12. The van der Waals surface area contributed by atoms with Gasteiger partial charge in [0.25, 0.3) is 5.91 Å². The molecule has 1 aliphatic rings. The maximum Gasteiger partial charge on any atom is 0.272 e. The Hall–Kier alpha value is -2.21. The van der Waals surface area contributed by atoms with Crippen LogP contribution in [0.15, 0.2) is 24.3 Å². The highest BCUT2D eigenvalue weighted by atomic mass is 19.1. The van der Waals surface area contributed by atoms with Crippen LogP contribution in [-0.4, -0.2) is 29.2 Å². The van der Waals surface area contributed by atoms with Crippen LogP contribution in [0.25, 0.3) is 0 Å². The van der Waals surface area contributed by atoms with Gasteiger partial charge in [-0.1, -0.05) is 12.1 Å². The van der Waals surface area contributed by atoms with E-state index >= 15 is 0 Å². The molecule has 2 heterocycles. The number of nitrogens with zero attached hydrogens (tertiary/aromatic N) is 1. The van der Waals surface area contributed by atoms with Crippen molar-refractivity contribution >= 4 is 5.91 Å². The highest BCUT2D eigenvalue weighted by molar-refractivity contribution is 5.94. The van der Waals surface area contributed by atoms with E-state index in [2.05, 4.69) is 20.8 Å². The Morgan fingerprint density at radius 2 is 2.14 bits per heavy atom. The zero-order valence-corrected chi connectivity index (χ0v) is 11.6. The van der Waals surface area contributed by atoms with Gasteiger partial charge in [0.1, 0.15) is 5.82 Å². The van der Waals surface area contributed by atoms with E-state index in [9.17, 15) is 9.18 Å². The van der Waals surface area contributed by atoms with E-state index in [0.29, 0.717) is 25.2 Å².